The maximum absolute atomic E-state index is 6.20. The van der Waals surface area contributed by atoms with Gasteiger partial charge in [0.05, 0.1) is 0 Å². The molecule has 4 nitrogen and oxygen atoms in total. The van der Waals surface area contributed by atoms with Crippen LogP contribution in [0, 0.1) is 0 Å². The molecule has 0 spiro atoms. The summed E-state index contributed by atoms with van der Waals surface area (Å²) >= 11 is 2.22. The van der Waals surface area contributed by atoms with Crippen LogP contribution in [0.4, 0.5) is 51.2 Å². The van der Waals surface area contributed by atoms with E-state index in [0.29, 0.717) is 14.5 Å². The number of furan rings is 1. The molecule has 0 radical (unpaired) electrons. The Bertz CT molecular complexity index is 7510. The first kappa shape index (κ1) is 80.8. The molecule has 0 fully saturated rings. The van der Waals surface area contributed by atoms with Gasteiger partial charge in [0.15, 0.2) is 0 Å². The molecule has 0 saturated carbocycles. The maximum atomic E-state index is 6.20. The minimum atomic E-state index is 0.0266. The number of hydrogen-bond donors (Lipinski definition) is 0. The summed E-state index contributed by atoms with van der Waals surface area (Å²) in [5, 5.41) is 7.65. The van der Waals surface area contributed by atoms with Gasteiger partial charge in [0.2, 0.25) is 13.4 Å². The van der Waals surface area contributed by atoms with E-state index < -0.39 is 0 Å². The standard InChI is InChI=1S/C42H28BNO.C42H28BNS.C42H28BNSe/c3*1-3-14-29(15-4-1)32-19-13-20-33(30-16-5-2-6-17-30)42(32)43-36-21-8-10-23-38(36)44(39-24-11-9-22-37(39)43)31-26-27-41-35(28-31)34-18-7-12-25-40(34)45-41/h3*1-28H. The van der Waals surface area contributed by atoms with Gasteiger partial charge in [-0.3, -0.25) is 0 Å². The number of anilines is 9. The van der Waals surface area contributed by atoms with E-state index in [9.17, 15) is 0 Å². The normalized spacial score (nSPS) is 12.4. The molecule has 21 aromatic carbocycles. The number of hydrogen-bond acceptors (Lipinski definition) is 5. The smallest absolute Gasteiger partial charge is 0.456 e. The molecule has 0 unspecified atom stereocenters. The van der Waals surface area contributed by atoms with Crippen LogP contribution < -0.4 is 63.9 Å². The van der Waals surface area contributed by atoms with Gasteiger partial charge in [-0.1, -0.05) is 314 Å². The van der Waals surface area contributed by atoms with Crippen molar-refractivity contribution in [2.24, 2.45) is 0 Å². The van der Waals surface area contributed by atoms with Gasteiger partial charge >= 0.3 is 235 Å². The quantitative estimate of drug-likeness (QED) is 0.114. The van der Waals surface area contributed by atoms with Gasteiger partial charge in [-0.25, -0.2) is 0 Å². The van der Waals surface area contributed by atoms with Crippen LogP contribution in [0.2, 0.25) is 0 Å². The summed E-state index contributed by atoms with van der Waals surface area (Å²) in [5.74, 6) is 0. The fraction of sp³-hybridized carbons (Fsp3) is 0. The van der Waals surface area contributed by atoms with Gasteiger partial charge in [-0.05, 0) is 139 Å². The number of rotatable bonds is 12. The predicted octanol–water partition coefficient (Wildman–Crippen LogP) is 27.6. The monoisotopic (exact) mass is 1800 g/mol. The molecule has 135 heavy (non-hydrogen) atoms. The molecule has 630 valence electrons. The van der Waals surface area contributed by atoms with Crippen molar-refractivity contribution in [3.05, 3.63) is 510 Å². The first-order valence-electron chi connectivity index (χ1n) is 46.4. The Morgan fingerprint density at radius 1 is 0.185 bits per heavy atom. The van der Waals surface area contributed by atoms with Crippen LogP contribution in [0.1, 0.15) is 0 Å². The van der Waals surface area contributed by atoms with Crippen LogP contribution in [-0.4, -0.2) is 34.6 Å². The van der Waals surface area contributed by atoms with Crippen LogP contribution >= 0.6 is 11.3 Å². The zero-order valence-corrected chi connectivity index (χ0v) is 76.3. The summed E-state index contributed by atoms with van der Waals surface area (Å²) < 4.78 is 11.8. The second-order valence-corrected chi connectivity index (χ2v) is 38.3. The average molecular weight is 1800 g/mol. The number of thiophene rings is 1. The molecule has 0 N–H and O–H groups in total. The van der Waals surface area contributed by atoms with Crippen LogP contribution in [0.5, 0.6) is 0 Å². The Kier molecular flexibility index (Phi) is 20.8. The fourth-order valence-electron chi connectivity index (χ4n) is 21.7. The topological polar surface area (TPSA) is 22.9 Å². The molecule has 0 aliphatic carbocycles. The molecule has 3 aliphatic heterocycles. The van der Waals surface area contributed by atoms with E-state index in [2.05, 4.69) is 512 Å². The third-order valence-electron chi connectivity index (χ3n) is 27.5. The van der Waals surface area contributed by atoms with E-state index in [1.807, 2.05) is 23.5 Å². The number of para-hydroxylation sites is 7. The van der Waals surface area contributed by atoms with E-state index in [-0.39, 0.29) is 20.1 Å². The summed E-state index contributed by atoms with van der Waals surface area (Å²) in [7, 11) is 0. The van der Waals surface area contributed by atoms with Crippen molar-refractivity contribution in [1.82, 2.24) is 0 Å². The SMILES string of the molecule is c1ccc(-c2cccc(-c3ccccc3)c2B2c3ccccc3N(c3ccc4[se]c5ccccc5c4c3)c3ccccc32)cc1.c1ccc(-c2cccc(-c3ccccc3)c2B2c3ccccc3N(c3ccc4oc5ccccc5c4c3)c3ccccc32)cc1.c1ccc(-c2cccc(-c3ccccc3)c2B2c3ccccc3N(c3ccc4sc5ccccc5c4c3)c3ccccc32)cc1. The molecule has 3 aromatic heterocycles. The van der Waals surface area contributed by atoms with Crippen molar-refractivity contribution in [3.63, 3.8) is 0 Å². The number of fused-ring (bicyclic) bond motifs is 15. The third-order valence-corrected chi connectivity index (χ3v) is 31.0. The predicted molar refractivity (Wildman–Crippen MR) is 581 cm³/mol. The fourth-order valence-corrected chi connectivity index (χ4v) is 25.0. The summed E-state index contributed by atoms with van der Waals surface area (Å²) in [4.78, 5) is 7.39. The van der Waals surface area contributed by atoms with Crippen molar-refractivity contribution in [3.8, 4) is 66.8 Å². The van der Waals surface area contributed by atoms with Gasteiger partial charge < -0.3 is 14.2 Å². The number of nitrogens with zero attached hydrogens (tertiary/aromatic N) is 3. The van der Waals surface area contributed by atoms with E-state index >= 15 is 0 Å². The van der Waals surface area contributed by atoms with E-state index in [1.165, 1.54) is 201 Å². The van der Waals surface area contributed by atoms with Crippen molar-refractivity contribution in [1.29, 1.82) is 0 Å². The van der Waals surface area contributed by atoms with Crippen molar-refractivity contribution >= 4 is 208 Å². The third kappa shape index (κ3) is 14.3. The summed E-state index contributed by atoms with van der Waals surface area (Å²) in [6.45, 7) is 0.128. The van der Waals surface area contributed by atoms with Gasteiger partial charge in [0.25, 0.3) is 0 Å². The van der Waals surface area contributed by atoms with E-state index in [0.717, 1.165) is 27.6 Å². The van der Waals surface area contributed by atoms with Crippen molar-refractivity contribution in [2.75, 3.05) is 14.7 Å². The number of benzene rings is 21. The van der Waals surface area contributed by atoms with E-state index in [1.54, 1.807) is 0 Å². The van der Waals surface area contributed by atoms with Gasteiger partial charge in [0, 0.05) is 65.1 Å². The molecule has 0 atom stereocenters. The summed E-state index contributed by atoms with van der Waals surface area (Å²) in [6, 6.07) is 186. The molecule has 9 heteroatoms. The van der Waals surface area contributed by atoms with Crippen LogP contribution in [-0.2, 0) is 0 Å². The van der Waals surface area contributed by atoms with Crippen LogP contribution in [0.15, 0.2) is 514 Å². The Morgan fingerprint density at radius 2 is 0.452 bits per heavy atom. The summed E-state index contributed by atoms with van der Waals surface area (Å²) in [6.07, 6.45) is 0. The molecular formula is C126H84B3N3OSSe. The van der Waals surface area contributed by atoms with Crippen LogP contribution in [0.25, 0.3) is 128 Å². The molecular weight excluding hydrogens is 1710 g/mol. The second kappa shape index (κ2) is 34.8. The zero-order chi connectivity index (χ0) is 89.2. The van der Waals surface area contributed by atoms with Crippen LogP contribution in [0.3, 0.4) is 0 Å². The van der Waals surface area contributed by atoms with Crippen molar-refractivity contribution < 1.29 is 4.42 Å². The Hall–Kier alpha value is -16.2. The Balaban J connectivity index is 0.000000108. The minimum absolute atomic E-state index is 0.0266. The average Bonchev–Trinajstić information content (AvgIpc) is 1.48. The second-order valence-electron chi connectivity index (χ2n) is 35.0. The first-order valence-corrected chi connectivity index (χ1v) is 49.0. The van der Waals surface area contributed by atoms with Crippen molar-refractivity contribution in [2.45, 2.75) is 0 Å². The molecule has 0 saturated heterocycles. The molecule has 27 rings (SSSR count). The van der Waals surface area contributed by atoms with E-state index in [4.69, 9.17) is 4.42 Å². The Labute approximate surface area is 796 Å². The van der Waals surface area contributed by atoms with Gasteiger partial charge in [-0.15, -0.1) is 11.3 Å². The van der Waals surface area contributed by atoms with Gasteiger partial charge in [-0.2, -0.15) is 0 Å². The molecule has 24 aromatic rings. The zero-order valence-electron chi connectivity index (χ0n) is 73.8. The Morgan fingerprint density at radius 3 is 0.830 bits per heavy atom. The molecule has 0 bridgehead atoms. The first-order chi connectivity index (χ1) is 67.0. The minimum Gasteiger partial charge on any atom is -0.456 e. The van der Waals surface area contributed by atoms with Gasteiger partial charge in [0.1, 0.15) is 11.2 Å². The molecule has 6 heterocycles. The molecule has 3 aliphatic rings. The molecule has 0 amide bonds. The summed E-state index contributed by atoms with van der Waals surface area (Å²) in [5.41, 5.74) is 39.5.